The summed E-state index contributed by atoms with van der Waals surface area (Å²) in [5.74, 6) is 0. The van der Waals surface area contributed by atoms with Crippen LogP contribution in [0, 0.1) is 5.21 Å². The monoisotopic (exact) mass is 169 g/mol. The van der Waals surface area contributed by atoms with Gasteiger partial charge in [0.2, 0.25) is 0 Å². The van der Waals surface area contributed by atoms with E-state index >= 15 is 0 Å². The van der Waals surface area contributed by atoms with Gasteiger partial charge in [0.1, 0.15) is 0 Å². The average Bonchev–Trinajstić information content (AvgIpc) is 2.00. The number of hydrogen-bond acceptors (Lipinski definition) is 1. The number of rotatable bonds is 5. The molecule has 0 saturated carbocycles. The first-order chi connectivity index (χ1) is 5.66. The van der Waals surface area contributed by atoms with Gasteiger partial charge >= 0.3 is 0 Å². The Bertz CT molecular complexity index is 167. The fourth-order valence-electron chi connectivity index (χ4n) is 0.940. The second-order valence-corrected chi connectivity index (χ2v) is 3.27. The predicted octanol–water partition coefficient (Wildman–Crippen LogP) is 1.74. The standard InChI is InChI=1S/C10H19NO/c1-9(2)5-4-6-10(3)7-8-11-12/h5,7H,4,6,8,11H2,1-3H3/b10-7-. The van der Waals surface area contributed by atoms with Crippen molar-refractivity contribution in [3.05, 3.63) is 28.5 Å². The van der Waals surface area contributed by atoms with Crippen molar-refractivity contribution in [1.82, 2.24) is 0 Å². The largest absolute Gasteiger partial charge is 0.636 e. The number of hydrogen-bond donors (Lipinski definition) is 1. The Morgan fingerprint density at radius 1 is 1.25 bits per heavy atom. The zero-order chi connectivity index (χ0) is 9.40. The van der Waals surface area contributed by atoms with Crippen LogP contribution in [0.3, 0.4) is 0 Å². The van der Waals surface area contributed by atoms with Crippen LogP contribution in [-0.4, -0.2) is 6.54 Å². The molecule has 0 rings (SSSR count). The van der Waals surface area contributed by atoms with E-state index in [1.54, 1.807) is 0 Å². The molecule has 0 aromatic heterocycles. The molecule has 2 heteroatoms. The Morgan fingerprint density at radius 2 is 1.92 bits per heavy atom. The third kappa shape index (κ3) is 7.51. The Balaban J connectivity index is 3.56. The van der Waals surface area contributed by atoms with Crippen LogP contribution in [-0.2, 0) is 0 Å². The van der Waals surface area contributed by atoms with E-state index in [4.69, 9.17) is 0 Å². The Morgan fingerprint density at radius 3 is 2.42 bits per heavy atom. The summed E-state index contributed by atoms with van der Waals surface area (Å²) in [5.41, 5.74) is 3.60. The molecule has 0 aromatic rings. The molecule has 70 valence electrons. The van der Waals surface area contributed by atoms with E-state index in [0.717, 1.165) is 18.3 Å². The molecule has 0 aliphatic rings. The van der Waals surface area contributed by atoms with Gasteiger partial charge in [-0.05, 0) is 39.7 Å². The highest BCUT2D eigenvalue weighted by Crippen LogP contribution is 2.05. The van der Waals surface area contributed by atoms with E-state index in [2.05, 4.69) is 26.8 Å². The molecule has 0 aliphatic carbocycles. The van der Waals surface area contributed by atoms with E-state index in [-0.39, 0.29) is 0 Å². The second kappa shape index (κ2) is 7.07. The minimum atomic E-state index is 0.556. The topological polar surface area (TPSA) is 39.7 Å². The molecular weight excluding hydrogens is 150 g/mol. The molecule has 0 fully saturated rings. The van der Waals surface area contributed by atoms with Gasteiger partial charge in [-0.15, -0.1) is 0 Å². The molecule has 0 heterocycles. The number of quaternary nitrogens is 1. The van der Waals surface area contributed by atoms with Crippen LogP contribution < -0.4 is 5.48 Å². The van der Waals surface area contributed by atoms with Gasteiger partial charge in [0.05, 0.1) is 6.54 Å². The molecule has 0 atom stereocenters. The second-order valence-electron chi connectivity index (χ2n) is 3.27. The fraction of sp³-hybridized carbons (Fsp3) is 0.600. The molecule has 2 N–H and O–H groups in total. The van der Waals surface area contributed by atoms with Crippen molar-refractivity contribution in [2.24, 2.45) is 0 Å². The van der Waals surface area contributed by atoms with Gasteiger partial charge in [0.15, 0.2) is 0 Å². The smallest absolute Gasteiger partial charge is 0.0942 e. The first kappa shape index (κ1) is 11.4. The molecule has 0 saturated heterocycles. The maximum Gasteiger partial charge on any atom is 0.0942 e. The first-order valence-electron chi connectivity index (χ1n) is 4.39. The van der Waals surface area contributed by atoms with Crippen molar-refractivity contribution in [1.29, 1.82) is 0 Å². The predicted molar refractivity (Wildman–Crippen MR) is 52.6 cm³/mol. The van der Waals surface area contributed by atoms with Crippen molar-refractivity contribution in [2.45, 2.75) is 33.6 Å². The normalized spacial score (nSPS) is 11.5. The third-order valence-electron chi connectivity index (χ3n) is 1.65. The summed E-state index contributed by atoms with van der Waals surface area (Å²) in [7, 11) is 0. The SMILES string of the molecule is CC(C)=CCC/C(C)=C\C[NH2+][O-]. The van der Waals surface area contributed by atoms with E-state index in [0.29, 0.717) is 6.54 Å². The van der Waals surface area contributed by atoms with Gasteiger partial charge in [-0.2, -0.15) is 0 Å². The van der Waals surface area contributed by atoms with Crippen LogP contribution in [0.1, 0.15) is 33.6 Å². The zero-order valence-electron chi connectivity index (χ0n) is 8.26. The van der Waals surface area contributed by atoms with Gasteiger partial charge in [-0.3, -0.25) is 0 Å². The summed E-state index contributed by atoms with van der Waals surface area (Å²) in [6.07, 6.45) is 6.37. The maximum absolute atomic E-state index is 10.0. The Labute approximate surface area is 74.9 Å². The van der Waals surface area contributed by atoms with Gasteiger partial charge in [-0.1, -0.05) is 17.2 Å². The Kier molecular flexibility index (Phi) is 6.72. The van der Waals surface area contributed by atoms with Crippen LogP contribution in [0.2, 0.25) is 0 Å². The van der Waals surface area contributed by atoms with Crippen molar-refractivity contribution in [3.8, 4) is 0 Å². The number of nitrogens with two attached hydrogens (primary N) is 1. The highest BCUT2D eigenvalue weighted by molar-refractivity contribution is 5.01. The lowest BCUT2D eigenvalue weighted by atomic mass is 10.1. The molecule has 0 bridgehead atoms. The molecule has 12 heavy (non-hydrogen) atoms. The van der Waals surface area contributed by atoms with E-state index in [1.807, 2.05) is 6.08 Å². The summed E-state index contributed by atoms with van der Waals surface area (Å²) in [4.78, 5) is 0. The van der Waals surface area contributed by atoms with Crippen LogP contribution in [0.25, 0.3) is 0 Å². The summed E-state index contributed by atoms with van der Waals surface area (Å²) < 4.78 is 0. The highest BCUT2D eigenvalue weighted by Gasteiger charge is 1.87. The van der Waals surface area contributed by atoms with Crippen LogP contribution in [0.15, 0.2) is 23.3 Å². The minimum absolute atomic E-state index is 0.556. The molecule has 0 aliphatic heterocycles. The molecule has 0 unspecified atom stereocenters. The summed E-state index contributed by atoms with van der Waals surface area (Å²) in [5, 5.41) is 10.0. The molecule has 0 amide bonds. The van der Waals surface area contributed by atoms with Crippen LogP contribution in [0.4, 0.5) is 0 Å². The molecule has 2 nitrogen and oxygen atoms in total. The van der Waals surface area contributed by atoms with E-state index in [1.165, 1.54) is 11.1 Å². The van der Waals surface area contributed by atoms with E-state index in [9.17, 15) is 5.21 Å². The van der Waals surface area contributed by atoms with E-state index < -0.39 is 0 Å². The first-order valence-corrected chi connectivity index (χ1v) is 4.39. The van der Waals surface area contributed by atoms with Gasteiger partial charge in [0, 0.05) is 0 Å². The summed E-state index contributed by atoms with van der Waals surface area (Å²) >= 11 is 0. The van der Waals surface area contributed by atoms with Crippen LogP contribution in [0.5, 0.6) is 0 Å². The molecule has 0 radical (unpaired) electrons. The minimum Gasteiger partial charge on any atom is -0.636 e. The van der Waals surface area contributed by atoms with Crippen molar-refractivity contribution in [2.75, 3.05) is 6.54 Å². The quantitative estimate of drug-likeness (QED) is 0.494. The van der Waals surface area contributed by atoms with Gasteiger partial charge in [0.25, 0.3) is 0 Å². The zero-order valence-corrected chi connectivity index (χ0v) is 8.26. The molecular formula is C10H19NO. The van der Waals surface area contributed by atoms with Crippen molar-refractivity contribution < 1.29 is 5.48 Å². The maximum atomic E-state index is 10.0. The molecule has 0 aromatic carbocycles. The Hall–Kier alpha value is -0.600. The lowest BCUT2D eigenvalue weighted by molar-refractivity contribution is -0.578. The molecule has 0 spiro atoms. The summed E-state index contributed by atoms with van der Waals surface area (Å²) in [6.45, 7) is 6.83. The van der Waals surface area contributed by atoms with Crippen molar-refractivity contribution >= 4 is 0 Å². The fourth-order valence-corrected chi connectivity index (χ4v) is 0.940. The summed E-state index contributed by atoms with van der Waals surface area (Å²) in [6, 6.07) is 0. The average molecular weight is 169 g/mol. The van der Waals surface area contributed by atoms with Crippen LogP contribution >= 0.6 is 0 Å². The lowest BCUT2D eigenvalue weighted by Crippen LogP contribution is -2.76. The van der Waals surface area contributed by atoms with Gasteiger partial charge < -0.3 is 10.7 Å². The number of hydroxylamine groups is 1. The number of allylic oxidation sites excluding steroid dienone is 3. The third-order valence-corrected chi connectivity index (χ3v) is 1.65. The van der Waals surface area contributed by atoms with Crippen molar-refractivity contribution in [3.63, 3.8) is 0 Å². The highest BCUT2D eigenvalue weighted by atomic mass is 16.5. The lowest BCUT2D eigenvalue weighted by Gasteiger charge is -2.00. The van der Waals surface area contributed by atoms with Gasteiger partial charge in [-0.25, -0.2) is 0 Å².